The van der Waals surface area contributed by atoms with Gasteiger partial charge in [-0.15, -0.1) is 0 Å². The molecule has 1 aliphatic rings. The van der Waals surface area contributed by atoms with Gasteiger partial charge in [-0.1, -0.05) is 12.1 Å². The molecule has 1 aromatic carbocycles. The number of nitro benzene ring substituents is 1. The van der Waals surface area contributed by atoms with Crippen molar-refractivity contribution in [2.75, 3.05) is 13.7 Å². The lowest BCUT2D eigenvalue weighted by molar-refractivity contribution is -0.384. The minimum atomic E-state index is -1.23. The predicted molar refractivity (Wildman–Crippen MR) is 87.9 cm³/mol. The summed E-state index contributed by atoms with van der Waals surface area (Å²) in [4.78, 5) is 48.0. The summed E-state index contributed by atoms with van der Waals surface area (Å²) in [5, 5.41) is 13.5. The molecule has 1 atom stereocenters. The van der Waals surface area contributed by atoms with Crippen molar-refractivity contribution < 1.29 is 28.8 Å². The number of hydrogen-bond donors (Lipinski definition) is 1. The van der Waals surface area contributed by atoms with Crippen molar-refractivity contribution in [3.63, 3.8) is 0 Å². The largest absolute Gasteiger partial charge is 0.463 e. The van der Waals surface area contributed by atoms with Gasteiger partial charge in [0.25, 0.3) is 5.69 Å². The van der Waals surface area contributed by atoms with Gasteiger partial charge in [-0.25, -0.2) is 19.3 Å². The van der Waals surface area contributed by atoms with Crippen LogP contribution >= 0.6 is 0 Å². The number of benzene rings is 1. The number of allylic oxidation sites excluding steroid dienone is 1. The maximum absolute atomic E-state index is 12.4. The highest BCUT2D eigenvalue weighted by Crippen LogP contribution is 2.36. The Hall–Kier alpha value is -3.43. The molecule has 138 valence electrons. The molecule has 10 nitrogen and oxygen atoms in total. The number of nitrogens with one attached hydrogen (secondary N) is 1. The van der Waals surface area contributed by atoms with E-state index < -0.39 is 29.1 Å². The van der Waals surface area contributed by atoms with Crippen molar-refractivity contribution in [2.24, 2.45) is 0 Å². The van der Waals surface area contributed by atoms with E-state index in [1.807, 2.05) is 0 Å². The lowest BCUT2D eigenvalue weighted by Crippen LogP contribution is -2.51. The highest BCUT2D eigenvalue weighted by atomic mass is 16.6. The second-order valence-electron chi connectivity index (χ2n) is 5.28. The molecule has 0 bridgehead atoms. The third-order valence-corrected chi connectivity index (χ3v) is 3.71. The normalized spacial score (nSPS) is 16.8. The minimum absolute atomic E-state index is 0.0163. The number of esters is 1. The number of carbonyl (C=O) groups excluding carboxylic acids is 3. The Morgan fingerprint density at radius 3 is 2.65 bits per heavy atom. The Morgan fingerprint density at radius 1 is 1.38 bits per heavy atom. The summed E-state index contributed by atoms with van der Waals surface area (Å²) in [6.45, 7) is 3.15. The lowest BCUT2D eigenvalue weighted by Gasteiger charge is -2.35. The molecule has 1 heterocycles. The minimum Gasteiger partial charge on any atom is -0.463 e. The molecule has 1 aliphatic heterocycles. The Kier molecular flexibility index (Phi) is 5.55. The topological polar surface area (TPSA) is 128 Å². The zero-order valence-electron chi connectivity index (χ0n) is 14.3. The van der Waals surface area contributed by atoms with Crippen LogP contribution < -0.4 is 5.32 Å². The molecular formula is C16H17N3O7. The van der Waals surface area contributed by atoms with Crippen LogP contribution in [0, 0.1) is 10.1 Å². The maximum atomic E-state index is 12.4. The van der Waals surface area contributed by atoms with E-state index in [2.05, 4.69) is 10.1 Å². The zero-order chi connectivity index (χ0) is 19.4. The van der Waals surface area contributed by atoms with Crippen molar-refractivity contribution in [3.05, 3.63) is 51.2 Å². The molecule has 0 fully saturated rings. The quantitative estimate of drug-likeness (QED) is 0.493. The highest BCUT2D eigenvalue weighted by Gasteiger charge is 2.43. The second-order valence-corrected chi connectivity index (χ2v) is 5.28. The van der Waals surface area contributed by atoms with E-state index in [4.69, 9.17) is 4.74 Å². The Morgan fingerprint density at radius 2 is 2.08 bits per heavy atom. The van der Waals surface area contributed by atoms with Crippen LogP contribution in [0.2, 0.25) is 0 Å². The molecule has 26 heavy (non-hydrogen) atoms. The molecule has 0 radical (unpaired) electrons. The van der Waals surface area contributed by atoms with Gasteiger partial charge >= 0.3 is 18.1 Å². The average molecular weight is 363 g/mol. The van der Waals surface area contributed by atoms with E-state index in [0.29, 0.717) is 4.90 Å². The summed E-state index contributed by atoms with van der Waals surface area (Å²) in [5.74, 6) is -0.754. The van der Waals surface area contributed by atoms with Crippen LogP contribution in [-0.2, 0) is 14.3 Å². The zero-order valence-corrected chi connectivity index (χ0v) is 14.3. The molecule has 0 spiro atoms. The van der Waals surface area contributed by atoms with Crippen molar-refractivity contribution in [1.29, 1.82) is 0 Å². The molecule has 1 N–H and O–H groups in total. The van der Waals surface area contributed by atoms with Crippen LogP contribution in [0.4, 0.5) is 15.3 Å². The first-order valence-electron chi connectivity index (χ1n) is 7.62. The fourth-order valence-electron chi connectivity index (χ4n) is 2.62. The van der Waals surface area contributed by atoms with E-state index in [0.717, 1.165) is 7.11 Å². The van der Waals surface area contributed by atoms with Gasteiger partial charge in [-0.3, -0.25) is 10.1 Å². The van der Waals surface area contributed by atoms with Crippen molar-refractivity contribution >= 4 is 23.8 Å². The van der Waals surface area contributed by atoms with Gasteiger partial charge in [0.1, 0.15) is 6.04 Å². The number of nitro groups is 1. The van der Waals surface area contributed by atoms with Gasteiger partial charge in [-0.05, 0) is 19.4 Å². The standard InChI is InChI=1S/C16H17N3O7/c1-4-26-14(20)12-9(2)17-15(21)18(16(22)25-3)13(12)10-6-5-7-11(8-10)19(23)24/h5-8,13H,4H2,1-3H3,(H,17,21). The van der Waals surface area contributed by atoms with E-state index in [1.54, 1.807) is 6.92 Å². The molecule has 3 amide bonds. The van der Waals surface area contributed by atoms with Crippen molar-refractivity contribution in [1.82, 2.24) is 10.2 Å². The van der Waals surface area contributed by atoms with Gasteiger partial charge in [0, 0.05) is 17.8 Å². The summed E-state index contributed by atoms with van der Waals surface area (Å²) in [5.41, 5.74) is 0.114. The molecule has 0 aliphatic carbocycles. The van der Waals surface area contributed by atoms with Gasteiger partial charge in [-0.2, -0.15) is 0 Å². The van der Waals surface area contributed by atoms with Gasteiger partial charge in [0.05, 0.1) is 24.2 Å². The van der Waals surface area contributed by atoms with E-state index in [9.17, 15) is 24.5 Å². The third-order valence-electron chi connectivity index (χ3n) is 3.71. The van der Waals surface area contributed by atoms with Gasteiger partial charge in [0.15, 0.2) is 0 Å². The highest BCUT2D eigenvalue weighted by molar-refractivity contribution is 6.00. The lowest BCUT2D eigenvalue weighted by atomic mass is 9.93. The molecular weight excluding hydrogens is 346 g/mol. The Balaban J connectivity index is 2.68. The van der Waals surface area contributed by atoms with E-state index >= 15 is 0 Å². The summed E-state index contributed by atoms with van der Waals surface area (Å²) >= 11 is 0. The summed E-state index contributed by atoms with van der Waals surface area (Å²) in [6, 6.07) is 3.27. The first-order chi connectivity index (χ1) is 12.3. The smallest absolute Gasteiger partial charge is 0.418 e. The second kappa shape index (κ2) is 7.64. The maximum Gasteiger partial charge on any atom is 0.418 e. The van der Waals surface area contributed by atoms with Crippen molar-refractivity contribution in [2.45, 2.75) is 19.9 Å². The number of rotatable bonds is 4. The Bertz CT molecular complexity index is 803. The number of urea groups is 1. The number of non-ortho nitro benzene ring substituents is 1. The molecule has 2 rings (SSSR count). The average Bonchev–Trinajstić information content (AvgIpc) is 2.60. The molecule has 0 saturated carbocycles. The third kappa shape index (κ3) is 3.48. The number of carbonyl (C=O) groups is 3. The van der Waals surface area contributed by atoms with Crippen LogP contribution in [0.15, 0.2) is 35.5 Å². The van der Waals surface area contributed by atoms with Crippen LogP contribution in [0.1, 0.15) is 25.5 Å². The van der Waals surface area contributed by atoms with E-state index in [-0.39, 0.29) is 29.1 Å². The monoisotopic (exact) mass is 363 g/mol. The summed E-state index contributed by atoms with van der Waals surface area (Å²) < 4.78 is 9.65. The number of methoxy groups -OCH3 is 1. The van der Waals surface area contributed by atoms with Crippen LogP contribution in [-0.4, -0.2) is 41.6 Å². The number of amides is 3. The molecule has 0 saturated heterocycles. The Labute approximate surface area is 148 Å². The van der Waals surface area contributed by atoms with Gasteiger partial charge in [0.2, 0.25) is 0 Å². The van der Waals surface area contributed by atoms with E-state index in [1.165, 1.54) is 31.2 Å². The molecule has 0 aromatic heterocycles. The van der Waals surface area contributed by atoms with Crippen LogP contribution in [0.3, 0.4) is 0 Å². The summed E-state index contributed by atoms with van der Waals surface area (Å²) in [6.07, 6.45) is -1.02. The number of ether oxygens (including phenoxy) is 2. The van der Waals surface area contributed by atoms with Gasteiger partial charge < -0.3 is 14.8 Å². The first kappa shape index (κ1) is 18.9. The van der Waals surface area contributed by atoms with Crippen LogP contribution in [0.5, 0.6) is 0 Å². The van der Waals surface area contributed by atoms with Crippen molar-refractivity contribution in [3.8, 4) is 0 Å². The predicted octanol–water partition coefficient (Wildman–Crippen LogP) is 2.26. The number of imide groups is 1. The van der Waals surface area contributed by atoms with Crippen LogP contribution in [0.25, 0.3) is 0 Å². The number of nitrogens with zero attached hydrogens (tertiary/aromatic N) is 2. The summed E-state index contributed by atoms with van der Waals surface area (Å²) in [7, 11) is 1.08. The fourth-order valence-corrected chi connectivity index (χ4v) is 2.62. The molecule has 10 heteroatoms. The number of hydrogen-bond acceptors (Lipinski definition) is 7. The molecule has 1 aromatic rings. The first-order valence-corrected chi connectivity index (χ1v) is 7.62. The SMILES string of the molecule is CCOC(=O)C1=C(C)NC(=O)N(C(=O)OC)C1c1cccc([N+](=O)[O-])c1. The fraction of sp³-hybridized carbons (Fsp3) is 0.312. The molecule has 1 unspecified atom stereocenters.